The summed E-state index contributed by atoms with van der Waals surface area (Å²) < 4.78 is 15.1. The third-order valence-electron chi connectivity index (χ3n) is 3.49. The van der Waals surface area contributed by atoms with Gasteiger partial charge in [0.1, 0.15) is 11.0 Å². The number of nitrogens with one attached hydrogen (secondary N) is 1. The minimum Gasteiger partial charge on any atom is -0.319 e. The Hall–Kier alpha value is -1.39. The van der Waals surface area contributed by atoms with Crippen molar-refractivity contribution in [1.82, 2.24) is 15.1 Å². The quantitative estimate of drug-likeness (QED) is 0.919. The predicted molar refractivity (Wildman–Crippen MR) is 79.7 cm³/mol. The van der Waals surface area contributed by atoms with Crippen molar-refractivity contribution in [3.05, 3.63) is 52.1 Å². The van der Waals surface area contributed by atoms with E-state index in [9.17, 15) is 4.39 Å². The van der Waals surface area contributed by atoms with Gasteiger partial charge in [-0.3, -0.25) is 4.68 Å². The van der Waals surface area contributed by atoms with E-state index < -0.39 is 0 Å². The van der Waals surface area contributed by atoms with Gasteiger partial charge < -0.3 is 5.32 Å². The second kappa shape index (κ2) is 6.37. The molecular weight excluding hydrogens is 277 g/mol. The maximum atomic E-state index is 13.4. The van der Waals surface area contributed by atoms with Crippen LogP contribution in [0.15, 0.2) is 24.3 Å². The molecule has 1 aromatic heterocycles. The Labute approximate surface area is 123 Å². The van der Waals surface area contributed by atoms with E-state index in [4.69, 9.17) is 11.6 Å². The number of likely N-dealkylation sites (N-methyl/N-ethyl adjacent to an activating group) is 1. The first kappa shape index (κ1) is 15.0. The van der Waals surface area contributed by atoms with Crippen LogP contribution in [0, 0.1) is 12.7 Å². The third kappa shape index (κ3) is 3.19. The van der Waals surface area contributed by atoms with Crippen molar-refractivity contribution in [3.63, 3.8) is 0 Å². The Kier molecular flexibility index (Phi) is 4.78. The smallest absolute Gasteiger partial charge is 0.130 e. The molecule has 20 heavy (non-hydrogen) atoms. The molecule has 0 saturated carbocycles. The molecule has 0 bridgehead atoms. The van der Waals surface area contributed by atoms with Gasteiger partial charge in [-0.05, 0) is 38.1 Å². The van der Waals surface area contributed by atoms with Crippen LogP contribution in [-0.2, 0) is 13.5 Å². The van der Waals surface area contributed by atoms with Crippen molar-refractivity contribution >= 4 is 11.6 Å². The van der Waals surface area contributed by atoms with E-state index in [0.717, 1.165) is 29.8 Å². The molecule has 5 heteroatoms. The summed E-state index contributed by atoms with van der Waals surface area (Å²) in [6, 6.07) is 6.74. The average Bonchev–Trinajstić information content (AvgIpc) is 2.64. The van der Waals surface area contributed by atoms with Crippen molar-refractivity contribution in [2.24, 2.45) is 7.05 Å². The molecule has 1 unspecified atom stereocenters. The molecule has 0 saturated heterocycles. The zero-order chi connectivity index (χ0) is 14.7. The lowest BCUT2D eigenvalue weighted by molar-refractivity contribution is 0.600. The van der Waals surface area contributed by atoms with E-state index >= 15 is 0 Å². The van der Waals surface area contributed by atoms with Crippen molar-refractivity contribution in [2.45, 2.75) is 19.3 Å². The lowest BCUT2D eigenvalue weighted by Crippen LogP contribution is -2.19. The molecule has 0 radical (unpaired) electrons. The van der Waals surface area contributed by atoms with E-state index in [-0.39, 0.29) is 11.7 Å². The number of benzene rings is 1. The fraction of sp³-hybridized carbons (Fsp3) is 0.400. The molecule has 1 atom stereocenters. The molecule has 2 rings (SSSR count). The molecule has 0 spiro atoms. The van der Waals surface area contributed by atoms with Gasteiger partial charge in [0, 0.05) is 25.1 Å². The number of hydrogen-bond acceptors (Lipinski definition) is 2. The van der Waals surface area contributed by atoms with Crippen LogP contribution in [0.4, 0.5) is 4.39 Å². The highest BCUT2D eigenvalue weighted by atomic mass is 35.5. The maximum absolute atomic E-state index is 13.4. The zero-order valence-electron chi connectivity index (χ0n) is 12.0. The molecule has 108 valence electrons. The average molecular weight is 296 g/mol. The highest BCUT2D eigenvalue weighted by Gasteiger charge is 2.18. The van der Waals surface area contributed by atoms with Crippen LogP contribution in [0.25, 0.3) is 0 Å². The molecule has 1 N–H and O–H groups in total. The van der Waals surface area contributed by atoms with Crippen LogP contribution in [0.3, 0.4) is 0 Å². The molecule has 3 nitrogen and oxygen atoms in total. The van der Waals surface area contributed by atoms with E-state index in [1.165, 1.54) is 6.07 Å². The van der Waals surface area contributed by atoms with Gasteiger partial charge in [0.15, 0.2) is 0 Å². The molecule has 1 heterocycles. The highest BCUT2D eigenvalue weighted by molar-refractivity contribution is 6.30. The second-order valence-electron chi connectivity index (χ2n) is 4.99. The molecule has 0 aliphatic heterocycles. The molecule has 2 aromatic rings. The second-order valence-corrected chi connectivity index (χ2v) is 5.35. The first-order valence-electron chi connectivity index (χ1n) is 6.61. The number of aryl methyl sites for hydroxylation is 2. The Balaban J connectivity index is 2.30. The summed E-state index contributed by atoms with van der Waals surface area (Å²) >= 11 is 6.28. The van der Waals surface area contributed by atoms with Gasteiger partial charge in [-0.25, -0.2) is 4.39 Å². The summed E-state index contributed by atoms with van der Waals surface area (Å²) in [5, 5.41) is 8.14. The van der Waals surface area contributed by atoms with E-state index in [2.05, 4.69) is 10.4 Å². The summed E-state index contributed by atoms with van der Waals surface area (Å²) in [7, 11) is 3.72. The number of hydrogen-bond donors (Lipinski definition) is 1. The molecule has 1 aromatic carbocycles. The minimum atomic E-state index is -0.211. The van der Waals surface area contributed by atoms with Crippen LogP contribution in [0.5, 0.6) is 0 Å². The first-order valence-corrected chi connectivity index (χ1v) is 6.98. The number of halogens is 2. The Morgan fingerprint density at radius 3 is 2.75 bits per heavy atom. The van der Waals surface area contributed by atoms with Gasteiger partial charge in [0.2, 0.25) is 0 Å². The highest BCUT2D eigenvalue weighted by Crippen LogP contribution is 2.27. The zero-order valence-corrected chi connectivity index (χ0v) is 12.7. The predicted octanol–water partition coefficient (Wildman–Crippen LogP) is 3.07. The van der Waals surface area contributed by atoms with Crippen LogP contribution >= 0.6 is 11.6 Å². The fourth-order valence-corrected chi connectivity index (χ4v) is 2.72. The summed E-state index contributed by atoms with van der Waals surface area (Å²) in [4.78, 5) is 0. The monoisotopic (exact) mass is 295 g/mol. The van der Waals surface area contributed by atoms with E-state index in [1.807, 2.05) is 27.1 Å². The maximum Gasteiger partial charge on any atom is 0.130 e. The summed E-state index contributed by atoms with van der Waals surface area (Å²) in [5.41, 5.74) is 2.92. The van der Waals surface area contributed by atoms with Crippen molar-refractivity contribution in [2.75, 3.05) is 13.6 Å². The molecule has 0 aliphatic rings. The van der Waals surface area contributed by atoms with Gasteiger partial charge in [0.05, 0.1) is 5.69 Å². The fourth-order valence-electron chi connectivity index (χ4n) is 2.47. The molecule has 0 fully saturated rings. The standard InChI is InChI=1S/C15H19ClFN3/c1-10-14(15(16)20(3)19-10)8-12(9-18-2)11-5-4-6-13(17)7-11/h4-7,12,18H,8-9H2,1-3H3. The number of rotatable bonds is 5. The Bertz CT molecular complexity index is 595. The summed E-state index contributed by atoms with van der Waals surface area (Å²) in [5.74, 6) is -0.0475. The normalized spacial score (nSPS) is 12.7. The van der Waals surface area contributed by atoms with Gasteiger partial charge in [0.25, 0.3) is 0 Å². The van der Waals surface area contributed by atoms with Crippen molar-refractivity contribution < 1.29 is 4.39 Å². The van der Waals surface area contributed by atoms with Gasteiger partial charge in [-0.15, -0.1) is 0 Å². The largest absolute Gasteiger partial charge is 0.319 e. The van der Waals surface area contributed by atoms with Crippen LogP contribution < -0.4 is 5.32 Å². The Morgan fingerprint density at radius 2 is 2.20 bits per heavy atom. The third-order valence-corrected chi connectivity index (χ3v) is 3.96. The van der Waals surface area contributed by atoms with Crippen molar-refractivity contribution in [3.8, 4) is 0 Å². The lowest BCUT2D eigenvalue weighted by Gasteiger charge is -2.17. The number of aromatic nitrogens is 2. The van der Waals surface area contributed by atoms with Gasteiger partial charge >= 0.3 is 0 Å². The number of nitrogens with zero attached hydrogens (tertiary/aromatic N) is 2. The van der Waals surface area contributed by atoms with E-state index in [1.54, 1.807) is 16.8 Å². The van der Waals surface area contributed by atoms with Gasteiger partial charge in [-0.2, -0.15) is 5.10 Å². The SMILES string of the molecule is CNCC(Cc1c(C)nn(C)c1Cl)c1cccc(F)c1. The molecule has 0 aliphatic carbocycles. The van der Waals surface area contributed by atoms with Crippen LogP contribution in [-0.4, -0.2) is 23.4 Å². The van der Waals surface area contributed by atoms with Crippen molar-refractivity contribution in [1.29, 1.82) is 0 Å². The Morgan fingerprint density at radius 1 is 1.45 bits per heavy atom. The summed E-state index contributed by atoms with van der Waals surface area (Å²) in [6.07, 6.45) is 0.739. The topological polar surface area (TPSA) is 29.9 Å². The van der Waals surface area contributed by atoms with Gasteiger partial charge in [-0.1, -0.05) is 23.7 Å². The van der Waals surface area contributed by atoms with Crippen LogP contribution in [0.2, 0.25) is 5.15 Å². The van der Waals surface area contributed by atoms with Crippen LogP contribution in [0.1, 0.15) is 22.7 Å². The lowest BCUT2D eigenvalue weighted by atomic mass is 9.92. The molecule has 0 amide bonds. The minimum absolute atomic E-state index is 0.163. The molecular formula is C15H19ClFN3. The summed E-state index contributed by atoms with van der Waals surface area (Å²) in [6.45, 7) is 2.71. The first-order chi connectivity index (χ1) is 9.52. The van der Waals surface area contributed by atoms with E-state index in [0.29, 0.717) is 5.15 Å².